The summed E-state index contributed by atoms with van der Waals surface area (Å²) >= 11 is 0. The molecule has 1 rings (SSSR count). The number of rotatable bonds is 20. The molecule has 0 amide bonds. The molecule has 1 aromatic rings. The Morgan fingerprint density at radius 1 is 0.571 bits per heavy atom. The van der Waals surface area contributed by atoms with E-state index in [-0.39, 0.29) is 0 Å². The zero-order valence-electron chi connectivity index (χ0n) is 19.4. The summed E-state index contributed by atoms with van der Waals surface area (Å²) in [6.07, 6.45) is 31.5. The van der Waals surface area contributed by atoms with Gasteiger partial charge in [0.1, 0.15) is 6.54 Å². The van der Waals surface area contributed by atoms with Crippen LogP contribution in [0.5, 0.6) is 0 Å². The maximum absolute atomic E-state index is 2.40. The summed E-state index contributed by atoms with van der Waals surface area (Å²) in [6, 6.07) is 4.50. The molecule has 0 aromatic carbocycles. The normalized spacial score (nSPS) is 11.2. The number of nitrogens with zero attached hydrogens (tertiary/aromatic N) is 1. The van der Waals surface area contributed by atoms with Crippen molar-refractivity contribution in [2.45, 2.75) is 142 Å². The third-order valence-corrected chi connectivity index (χ3v) is 6.01. The molecule has 1 nitrogen and oxygen atoms in total. The van der Waals surface area contributed by atoms with Gasteiger partial charge in [0.2, 0.25) is 0 Å². The molecule has 0 aliphatic carbocycles. The average Bonchev–Trinajstić information content (AvgIpc) is 2.72. The van der Waals surface area contributed by atoms with Gasteiger partial charge in [0, 0.05) is 18.1 Å². The van der Waals surface area contributed by atoms with Crippen LogP contribution in [0.2, 0.25) is 0 Å². The lowest BCUT2D eigenvalue weighted by atomic mass is 10.0. The SMILES string of the molecule is CCCCCCCCCCCCCCCCCC[n+]1cccc(CCCC)c1. The largest absolute Gasteiger partial charge is 0.205 e. The Morgan fingerprint density at radius 3 is 1.54 bits per heavy atom. The van der Waals surface area contributed by atoms with Crippen molar-refractivity contribution in [3.05, 3.63) is 30.1 Å². The topological polar surface area (TPSA) is 3.88 Å². The van der Waals surface area contributed by atoms with Crippen molar-refractivity contribution in [2.24, 2.45) is 0 Å². The molecular weight excluding hydrogens is 338 g/mol. The van der Waals surface area contributed by atoms with Crippen LogP contribution in [0.1, 0.15) is 135 Å². The first kappa shape index (κ1) is 25.2. The Hall–Kier alpha value is -0.850. The molecule has 0 bridgehead atoms. The molecule has 1 aromatic heterocycles. The third kappa shape index (κ3) is 15.1. The monoisotopic (exact) mass is 388 g/mol. The fourth-order valence-electron chi connectivity index (χ4n) is 4.09. The average molecular weight is 389 g/mol. The minimum Gasteiger partial charge on any atom is -0.205 e. The lowest BCUT2D eigenvalue weighted by molar-refractivity contribution is -0.697. The van der Waals surface area contributed by atoms with E-state index in [1.807, 2.05) is 0 Å². The van der Waals surface area contributed by atoms with E-state index in [4.69, 9.17) is 0 Å². The summed E-state index contributed by atoms with van der Waals surface area (Å²) in [4.78, 5) is 0. The molecule has 0 atom stereocenters. The second kappa shape index (κ2) is 19.5. The van der Waals surface area contributed by atoms with Crippen molar-refractivity contribution >= 4 is 0 Å². The van der Waals surface area contributed by atoms with Gasteiger partial charge in [-0.05, 0) is 25.3 Å². The summed E-state index contributed by atoms with van der Waals surface area (Å²) in [6.45, 7) is 5.76. The summed E-state index contributed by atoms with van der Waals surface area (Å²) in [5, 5.41) is 0. The van der Waals surface area contributed by atoms with Gasteiger partial charge in [-0.3, -0.25) is 0 Å². The summed E-state index contributed by atoms with van der Waals surface area (Å²) < 4.78 is 2.40. The highest BCUT2D eigenvalue weighted by Gasteiger charge is 2.02. The van der Waals surface area contributed by atoms with Crippen LogP contribution >= 0.6 is 0 Å². The van der Waals surface area contributed by atoms with Crippen LogP contribution in [0.3, 0.4) is 0 Å². The maximum Gasteiger partial charge on any atom is 0.171 e. The molecular formula is C27H50N+. The molecule has 0 unspecified atom stereocenters. The molecule has 0 spiro atoms. The van der Waals surface area contributed by atoms with Gasteiger partial charge in [0.25, 0.3) is 0 Å². The van der Waals surface area contributed by atoms with E-state index in [0.29, 0.717) is 0 Å². The van der Waals surface area contributed by atoms with Crippen molar-refractivity contribution in [1.82, 2.24) is 0 Å². The van der Waals surface area contributed by atoms with Crippen LogP contribution in [-0.4, -0.2) is 0 Å². The highest BCUT2D eigenvalue weighted by atomic mass is 14.9. The van der Waals surface area contributed by atoms with E-state index in [9.17, 15) is 0 Å². The number of hydrogen-bond donors (Lipinski definition) is 0. The van der Waals surface area contributed by atoms with E-state index in [1.165, 1.54) is 134 Å². The molecule has 1 heterocycles. The van der Waals surface area contributed by atoms with E-state index in [2.05, 4.69) is 42.9 Å². The number of unbranched alkanes of at least 4 members (excludes halogenated alkanes) is 16. The Morgan fingerprint density at radius 2 is 1.04 bits per heavy atom. The molecule has 0 radical (unpaired) electrons. The van der Waals surface area contributed by atoms with Crippen molar-refractivity contribution in [3.63, 3.8) is 0 Å². The molecule has 0 aliphatic heterocycles. The van der Waals surface area contributed by atoms with Crippen LogP contribution in [0.4, 0.5) is 0 Å². The fourth-order valence-corrected chi connectivity index (χ4v) is 4.09. The van der Waals surface area contributed by atoms with E-state index in [0.717, 1.165) is 0 Å². The van der Waals surface area contributed by atoms with Crippen molar-refractivity contribution in [1.29, 1.82) is 0 Å². The Bertz CT molecular complexity index is 440. The first-order valence-corrected chi connectivity index (χ1v) is 12.8. The minimum atomic E-state index is 1.19. The maximum atomic E-state index is 2.40. The van der Waals surface area contributed by atoms with Crippen molar-refractivity contribution < 1.29 is 4.57 Å². The predicted molar refractivity (Wildman–Crippen MR) is 125 cm³/mol. The van der Waals surface area contributed by atoms with E-state index < -0.39 is 0 Å². The fraction of sp³-hybridized carbons (Fsp3) is 0.815. The standard InChI is InChI=1S/C27H50N/c1-3-5-7-8-9-10-11-12-13-14-15-16-17-18-19-20-24-28-25-21-23-27(26-28)22-6-4-2/h21,23,25-26H,3-20,22,24H2,1-2H3/q+1. The zero-order valence-corrected chi connectivity index (χ0v) is 19.4. The Labute approximate surface area is 177 Å². The van der Waals surface area contributed by atoms with Gasteiger partial charge in [-0.1, -0.05) is 110 Å². The number of hydrogen-bond acceptors (Lipinski definition) is 0. The third-order valence-electron chi connectivity index (χ3n) is 6.01. The van der Waals surface area contributed by atoms with Gasteiger partial charge >= 0.3 is 0 Å². The lowest BCUT2D eigenvalue weighted by Crippen LogP contribution is -2.33. The van der Waals surface area contributed by atoms with Crippen LogP contribution < -0.4 is 4.57 Å². The van der Waals surface area contributed by atoms with Gasteiger partial charge < -0.3 is 0 Å². The molecule has 0 saturated heterocycles. The van der Waals surface area contributed by atoms with Gasteiger partial charge in [0.05, 0.1) is 0 Å². The Balaban J connectivity index is 1.83. The van der Waals surface area contributed by atoms with E-state index in [1.54, 1.807) is 0 Å². The molecule has 28 heavy (non-hydrogen) atoms. The molecule has 0 N–H and O–H groups in total. The number of aromatic nitrogens is 1. The quantitative estimate of drug-likeness (QED) is 0.155. The first-order chi connectivity index (χ1) is 13.9. The van der Waals surface area contributed by atoms with Gasteiger partial charge in [-0.2, -0.15) is 0 Å². The van der Waals surface area contributed by atoms with E-state index >= 15 is 0 Å². The van der Waals surface area contributed by atoms with Gasteiger partial charge in [0.15, 0.2) is 12.4 Å². The molecule has 0 aliphatic rings. The zero-order chi connectivity index (χ0) is 20.1. The van der Waals surface area contributed by atoms with Crippen LogP contribution in [0.15, 0.2) is 24.5 Å². The highest BCUT2D eigenvalue weighted by Crippen LogP contribution is 2.13. The van der Waals surface area contributed by atoms with Gasteiger partial charge in [-0.25, -0.2) is 4.57 Å². The predicted octanol–water partition coefficient (Wildman–Crippen LogP) is 8.58. The van der Waals surface area contributed by atoms with Gasteiger partial charge in [-0.15, -0.1) is 0 Å². The summed E-state index contributed by atoms with van der Waals surface area (Å²) in [5.41, 5.74) is 1.50. The van der Waals surface area contributed by atoms with Crippen molar-refractivity contribution in [3.8, 4) is 0 Å². The summed E-state index contributed by atoms with van der Waals surface area (Å²) in [5.74, 6) is 0. The smallest absolute Gasteiger partial charge is 0.171 e. The lowest BCUT2D eigenvalue weighted by Gasteiger charge is -2.03. The Kier molecular flexibility index (Phi) is 17.5. The molecule has 1 heteroatoms. The minimum absolute atomic E-state index is 1.19. The van der Waals surface area contributed by atoms with Crippen LogP contribution in [0, 0.1) is 0 Å². The second-order valence-electron chi connectivity index (χ2n) is 8.86. The second-order valence-corrected chi connectivity index (χ2v) is 8.86. The summed E-state index contributed by atoms with van der Waals surface area (Å²) in [7, 11) is 0. The first-order valence-electron chi connectivity index (χ1n) is 12.8. The number of pyridine rings is 1. The van der Waals surface area contributed by atoms with Crippen LogP contribution in [-0.2, 0) is 13.0 Å². The molecule has 162 valence electrons. The molecule has 0 fully saturated rings. The molecule has 0 saturated carbocycles. The number of aryl methyl sites for hydroxylation is 2. The highest BCUT2D eigenvalue weighted by molar-refractivity contribution is 5.05. The van der Waals surface area contributed by atoms with Crippen LogP contribution in [0.25, 0.3) is 0 Å². The van der Waals surface area contributed by atoms with Crippen molar-refractivity contribution in [2.75, 3.05) is 0 Å².